The Morgan fingerprint density at radius 2 is 1.92 bits per heavy atom. The quantitative estimate of drug-likeness (QED) is 0.288. The highest BCUT2D eigenvalue weighted by Gasteiger charge is 2.50. The molecule has 7 nitrogen and oxygen atoms in total. The summed E-state index contributed by atoms with van der Waals surface area (Å²) in [5.41, 5.74) is -5.26. The van der Waals surface area contributed by atoms with Crippen LogP contribution in [0.4, 0.5) is 13.2 Å². The lowest BCUT2D eigenvalue weighted by atomic mass is 10.1. The molecule has 0 spiro atoms. The lowest BCUT2D eigenvalue weighted by Gasteiger charge is -2.32. The van der Waals surface area contributed by atoms with Crippen molar-refractivity contribution >= 4 is 40.0 Å². The topological polar surface area (TPSA) is 94.0 Å². The Balaban J connectivity index is 0.00000576. The molecular formula is C13H26F3IN4O3S. The number of hydrogen-bond acceptors (Lipinski definition) is 4. The lowest BCUT2D eigenvalue weighted by molar-refractivity contribution is -0.0494. The van der Waals surface area contributed by atoms with Crippen molar-refractivity contribution in [2.45, 2.75) is 38.2 Å². The Morgan fingerprint density at radius 3 is 2.36 bits per heavy atom. The molecule has 1 rings (SSSR count). The summed E-state index contributed by atoms with van der Waals surface area (Å²) >= 11 is 0. The average molecular weight is 502 g/mol. The number of guanidine groups is 1. The lowest BCUT2D eigenvalue weighted by Crippen LogP contribution is -2.51. The molecule has 0 radical (unpaired) electrons. The molecule has 0 aromatic carbocycles. The summed E-state index contributed by atoms with van der Waals surface area (Å²) in [5, 5.41) is 15.1. The van der Waals surface area contributed by atoms with Crippen molar-refractivity contribution in [2.75, 3.05) is 32.8 Å². The Labute approximate surface area is 163 Å². The van der Waals surface area contributed by atoms with Gasteiger partial charge >= 0.3 is 15.5 Å². The number of aliphatic hydroxyl groups excluding tert-OH is 1. The molecule has 0 aliphatic carbocycles. The van der Waals surface area contributed by atoms with Gasteiger partial charge in [-0.3, -0.25) is 4.99 Å². The fourth-order valence-electron chi connectivity index (χ4n) is 2.21. The zero-order valence-corrected chi connectivity index (χ0v) is 17.4. The Hall–Kier alpha value is -0.340. The number of aliphatic imine (C=N–C) groups is 1. The highest BCUT2D eigenvalue weighted by molar-refractivity contribution is 14.0. The van der Waals surface area contributed by atoms with Crippen LogP contribution in [0.1, 0.15) is 26.7 Å². The van der Waals surface area contributed by atoms with E-state index >= 15 is 0 Å². The first kappa shape index (κ1) is 24.7. The molecule has 0 amide bonds. The number of hydrogen-bond donors (Lipinski definition) is 3. The second kappa shape index (κ2) is 10.7. The molecule has 150 valence electrons. The van der Waals surface area contributed by atoms with Crippen LogP contribution >= 0.6 is 24.0 Å². The molecule has 0 bridgehead atoms. The second-order valence-corrected chi connectivity index (χ2v) is 7.71. The highest BCUT2D eigenvalue weighted by atomic mass is 127. The summed E-state index contributed by atoms with van der Waals surface area (Å²) < 4.78 is 60.8. The van der Waals surface area contributed by atoms with Gasteiger partial charge in [0.15, 0.2) is 5.96 Å². The molecule has 1 aliphatic heterocycles. The number of nitrogens with one attached hydrogen (secondary N) is 2. The fraction of sp³-hybridized carbons (Fsp3) is 0.923. The van der Waals surface area contributed by atoms with E-state index in [0.29, 0.717) is 23.4 Å². The number of aliphatic hydroxyl groups is 1. The third kappa shape index (κ3) is 7.43. The van der Waals surface area contributed by atoms with E-state index in [4.69, 9.17) is 5.11 Å². The van der Waals surface area contributed by atoms with Crippen molar-refractivity contribution < 1.29 is 26.7 Å². The first-order valence-corrected chi connectivity index (χ1v) is 9.28. The SMILES string of the molecule is CCNC(=NCC(C)CO)NC1CCN(S(=O)(=O)C(F)(F)F)CC1.I. The van der Waals surface area contributed by atoms with E-state index < -0.39 is 15.5 Å². The largest absolute Gasteiger partial charge is 0.511 e. The van der Waals surface area contributed by atoms with Gasteiger partial charge in [0.25, 0.3) is 0 Å². The summed E-state index contributed by atoms with van der Waals surface area (Å²) in [6.45, 7) is 4.38. The molecule has 12 heteroatoms. The zero-order chi connectivity index (χ0) is 18.4. The van der Waals surface area contributed by atoms with Crippen LogP contribution < -0.4 is 10.6 Å². The first-order valence-electron chi connectivity index (χ1n) is 7.84. The predicted molar refractivity (Wildman–Crippen MR) is 100 cm³/mol. The molecule has 0 aromatic rings. The number of alkyl halides is 3. The third-order valence-corrected chi connectivity index (χ3v) is 5.27. The number of sulfonamides is 1. The van der Waals surface area contributed by atoms with Gasteiger partial charge in [-0.2, -0.15) is 17.5 Å². The summed E-state index contributed by atoms with van der Waals surface area (Å²) in [6.07, 6.45) is 0.518. The van der Waals surface area contributed by atoms with Crippen LogP contribution in [0, 0.1) is 5.92 Å². The minimum Gasteiger partial charge on any atom is -0.396 e. The summed E-state index contributed by atoms with van der Waals surface area (Å²) in [6, 6.07) is -0.160. The minimum atomic E-state index is -5.26. The van der Waals surface area contributed by atoms with Gasteiger partial charge in [-0.25, -0.2) is 8.42 Å². The third-order valence-electron chi connectivity index (χ3n) is 3.64. The summed E-state index contributed by atoms with van der Waals surface area (Å²) in [7, 11) is -5.25. The van der Waals surface area contributed by atoms with Crippen LogP contribution in [0.25, 0.3) is 0 Å². The minimum absolute atomic E-state index is 0. The Bertz CT molecular complexity index is 523. The summed E-state index contributed by atoms with van der Waals surface area (Å²) in [5.74, 6) is 0.508. The fourth-order valence-corrected chi connectivity index (χ4v) is 3.19. The van der Waals surface area contributed by atoms with Gasteiger partial charge in [-0.05, 0) is 25.7 Å². The van der Waals surface area contributed by atoms with Crippen molar-refractivity contribution in [3.63, 3.8) is 0 Å². The normalized spacial score (nSPS) is 19.2. The Kier molecular flexibility index (Phi) is 10.6. The number of piperidine rings is 1. The van der Waals surface area contributed by atoms with E-state index in [-0.39, 0.29) is 68.5 Å². The monoisotopic (exact) mass is 502 g/mol. The van der Waals surface area contributed by atoms with Gasteiger partial charge in [-0.1, -0.05) is 6.92 Å². The van der Waals surface area contributed by atoms with Crippen molar-refractivity contribution in [2.24, 2.45) is 10.9 Å². The molecule has 1 unspecified atom stereocenters. The molecule has 1 heterocycles. The number of halogens is 4. The summed E-state index contributed by atoms with van der Waals surface area (Å²) in [4.78, 5) is 4.31. The standard InChI is InChI=1S/C13H25F3N4O3S.HI/c1-3-17-12(18-8-10(2)9-21)19-11-4-6-20(7-5-11)24(22,23)13(14,15)16;/h10-11,21H,3-9H2,1-2H3,(H2,17,18,19);1H. The number of rotatable bonds is 6. The van der Waals surface area contributed by atoms with Crippen LogP contribution in [-0.2, 0) is 10.0 Å². The van der Waals surface area contributed by atoms with Crippen molar-refractivity contribution in [3.8, 4) is 0 Å². The van der Waals surface area contributed by atoms with Crippen LogP contribution in [0.5, 0.6) is 0 Å². The van der Waals surface area contributed by atoms with E-state index in [1.54, 1.807) is 0 Å². The molecule has 3 N–H and O–H groups in total. The predicted octanol–water partition coefficient (Wildman–Crippen LogP) is 1.10. The highest BCUT2D eigenvalue weighted by Crippen LogP contribution is 2.28. The molecule has 1 saturated heterocycles. The maximum absolute atomic E-state index is 12.5. The van der Waals surface area contributed by atoms with Gasteiger partial charge in [0.1, 0.15) is 0 Å². The van der Waals surface area contributed by atoms with Crippen LogP contribution in [0.15, 0.2) is 4.99 Å². The van der Waals surface area contributed by atoms with E-state index in [1.807, 2.05) is 13.8 Å². The second-order valence-electron chi connectivity index (χ2n) is 5.78. The van der Waals surface area contributed by atoms with Crippen molar-refractivity contribution in [1.29, 1.82) is 0 Å². The molecule has 1 atom stereocenters. The van der Waals surface area contributed by atoms with Gasteiger partial charge in [0.05, 0.1) is 0 Å². The van der Waals surface area contributed by atoms with Crippen molar-refractivity contribution in [1.82, 2.24) is 14.9 Å². The van der Waals surface area contributed by atoms with Gasteiger partial charge in [-0.15, -0.1) is 24.0 Å². The van der Waals surface area contributed by atoms with Gasteiger partial charge in [0, 0.05) is 38.8 Å². The molecule has 0 saturated carbocycles. The molecule has 25 heavy (non-hydrogen) atoms. The van der Waals surface area contributed by atoms with Crippen LogP contribution in [0.2, 0.25) is 0 Å². The van der Waals surface area contributed by atoms with E-state index in [9.17, 15) is 21.6 Å². The van der Waals surface area contributed by atoms with E-state index in [0.717, 1.165) is 0 Å². The molecule has 1 aliphatic rings. The number of nitrogens with zero attached hydrogens (tertiary/aromatic N) is 2. The first-order chi connectivity index (χ1) is 11.1. The Morgan fingerprint density at radius 1 is 1.36 bits per heavy atom. The van der Waals surface area contributed by atoms with E-state index in [1.165, 1.54) is 0 Å². The average Bonchev–Trinajstić information content (AvgIpc) is 2.52. The molecule has 0 aromatic heterocycles. The van der Waals surface area contributed by atoms with E-state index in [2.05, 4.69) is 15.6 Å². The smallest absolute Gasteiger partial charge is 0.396 e. The van der Waals surface area contributed by atoms with Gasteiger partial charge < -0.3 is 15.7 Å². The van der Waals surface area contributed by atoms with Crippen LogP contribution in [-0.4, -0.2) is 68.1 Å². The maximum atomic E-state index is 12.5. The zero-order valence-electron chi connectivity index (χ0n) is 14.2. The van der Waals surface area contributed by atoms with Crippen LogP contribution in [0.3, 0.4) is 0 Å². The molecular weight excluding hydrogens is 476 g/mol. The van der Waals surface area contributed by atoms with Crippen molar-refractivity contribution in [3.05, 3.63) is 0 Å². The van der Waals surface area contributed by atoms with Gasteiger partial charge in [0.2, 0.25) is 0 Å². The molecule has 1 fully saturated rings. The maximum Gasteiger partial charge on any atom is 0.511 e.